The largest absolute Gasteiger partial charge is 0.313 e. The smallest absolute Gasteiger partial charge is 0.123 e. The molecule has 18 heavy (non-hydrogen) atoms. The van der Waals surface area contributed by atoms with Gasteiger partial charge in [0.15, 0.2) is 0 Å². The minimum atomic E-state index is -0.226. The maximum Gasteiger partial charge on any atom is 0.123 e. The predicted molar refractivity (Wildman–Crippen MR) is 76.5 cm³/mol. The van der Waals surface area contributed by atoms with Crippen molar-refractivity contribution in [2.75, 3.05) is 6.54 Å². The van der Waals surface area contributed by atoms with Crippen LogP contribution in [0.15, 0.2) is 18.2 Å². The zero-order chi connectivity index (χ0) is 13.2. The van der Waals surface area contributed by atoms with Gasteiger partial charge in [-0.05, 0) is 36.7 Å². The van der Waals surface area contributed by atoms with Crippen molar-refractivity contribution in [1.82, 2.24) is 5.32 Å². The molecule has 1 rings (SSSR count). The fourth-order valence-electron chi connectivity index (χ4n) is 1.93. The summed E-state index contributed by atoms with van der Waals surface area (Å²) in [6, 6.07) is 4.49. The molecule has 0 aromatic heterocycles. The SMILES string of the molecule is CCCCCCCCNCc1cc(F)ccc1Cl. The van der Waals surface area contributed by atoms with Crippen LogP contribution >= 0.6 is 11.6 Å². The van der Waals surface area contributed by atoms with Crippen molar-refractivity contribution in [3.8, 4) is 0 Å². The monoisotopic (exact) mass is 271 g/mol. The van der Waals surface area contributed by atoms with Crippen LogP contribution in [0.3, 0.4) is 0 Å². The van der Waals surface area contributed by atoms with Crippen LogP contribution in [-0.4, -0.2) is 6.54 Å². The van der Waals surface area contributed by atoms with Crippen molar-refractivity contribution in [3.63, 3.8) is 0 Å². The summed E-state index contributed by atoms with van der Waals surface area (Å²) in [4.78, 5) is 0. The normalized spacial score (nSPS) is 10.8. The van der Waals surface area contributed by atoms with E-state index < -0.39 is 0 Å². The Balaban J connectivity index is 2.09. The lowest BCUT2D eigenvalue weighted by atomic mass is 10.1. The van der Waals surface area contributed by atoms with E-state index in [0.29, 0.717) is 11.6 Å². The Morgan fingerprint density at radius 1 is 1.11 bits per heavy atom. The molecule has 3 heteroatoms. The van der Waals surface area contributed by atoms with Crippen molar-refractivity contribution in [1.29, 1.82) is 0 Å². The highest BCUT2D eigenvalue weighted by molar-refractivity contribution is 6.31. The summed E-state index contributed by atoms with van der Waals surface area (Å²) in [6.07, 6.45) is 7.73. The van der Waals surface area contributed by atoms with Gasteiger partial charge < -0.3 is 5.32 Å². The summed E-state index contributed by atoms with van der Waals surface area (Å²) in [5.41, 5.74) is 0.836. The molecule has 1 N–H and O–H groups in total. The average Bonchev–Trinajstić information content (AvgIpc) is 2.36. The Morgan fingerprint density at radius 3 is 2.61 bits per heavy atom. The van der Waals surface area contributed by atoms with Crippen molar-refractivity contribution in [3.05, 3.63) is 34.6 Å². The summed E-state index contributed by atoms with van der Waals surface area (Å²) in [5, 5.41) is 3.94. The molecule has 0 fully saturated rings. The van der Waals surface area contributed by atoms with Crippen LogP contribution in [0.4, 0.5) is 4.39 Å². The van der Waals surface area contributed by atoms with E-state index in [1.165, 1.54) is 50.7 Å². The van der Waals surface area contributed by atoms with E-state index in [4.69, 9.17) is 11.6 Å². The molecule has 102 valence electrons. The molecule has 0 aliphatic carbocycles. The number of rotatable bonds is 9. The van der Waals surface area contributed by atoms with Gasteiger partial charge in [0.2, 0.25) is 0 Å². The van der Waals surface area contributed by atoms with Crippen molar-refractivity contribution >= 4 is 11.6 Å². The average molecular weight is 272 g/mol. The van der Waals surface area contributed by atoms with Crippen LogP contribution in [0.2, 0.25) is 5.02 Å². The Morgan fingerprint density at radius 2 is 1.83 bits per heavy atom. The molecule has 1 nitrogen and oxygen atoms in total. The van der Waals surface area contributed by atoms with Gasteiger partial charge in [-0.3, -0.25) is 0 Å². The van der Waals surface area contributed by atoms with Gasteiger partial charge in [0.05, 0.1) is 0 Å². The van der Waals surface area contributed by atoms with Gasteiger partial charge in [-0.1, -0.05) is 50.6 Å². The second-order valence-electron chi connectivity index (χ2n) is 4.68. The van der Waals surface area contributed by atoms with E-state index in [1.54, 1.807) is 6.07 Å². The summed E-state index contributed by atoms with van der Waals surface area (Å²) in [7, 11) is 0. The van der Waals surface area contributed by atoms with E-state index in [1.807, 2.05) is 0 Å². The molecule has 0 heterocycles. The van der Waals surface area contributed by atoms with Gasteiger partial charge in [-0.25, -0.2) is 4.39 Å². The van der Waals surface area contributed by atoms with Crippen LogP contribution in [-0.2, 0) is 6.54 Å². The third-order valence-electron chi connectivity index (χ3n) is 3.03. The molecule has 0 saturated heterocycles. The van der Waals surface area contributed by atoms with Gasteiger partial charge in [-0.15, -0.1) is 0 Å². The highest BCUT2D eigenvalue weighted by atomic mass is 35.5. The molecule has 0 aliphatic heterocycles. The number of unbranched alkanes of at least 4 members (excludes halogenated alkanes) is 5. The number of hydrogen-bond acceptors (Lipinski definition) is 1. The Kier molecular flexibility index (Phi) is 8.03. The molecule has 0 spiro atoms. The Hall–Kier alpha value is -0.600. The predicted octanol–water partition coefficient (Wildman–Crippen LogP) is 4.93. The third kappa shape index (κ3) is 6.36. The minimum absolute atomic E-state index is 0.226. The van der Waals surface area contributed by atoms with Gasteiger partial charge in [0, 0.05) is 11.6 Å². The molecule has 0 unspecified atom stereocenters. The summed E-state index contributed by atoms with van der Waals surface area (Å²) in [6.45, 7) is 3.84. The maximum atomic E-state index is 13.0. The van der Waals surface area contributed by atoms with Crippen molar-refractivity contribution in [2.45, 2.75) is 52.0 Å². The van der Waals surface area contributed by atoms with Crippen LogP contribution in [0.5, 0.6) is 0 Å². The summed E-state index contributed by atoms with van der Waals surface area (Å²) in [5.74, 6) is -0.226. The molecule has 0 amide bonds. The second-order valence-corrected chi connectivity index (χ2v) is 5.09. The first-order valence-electron chi connectivity index (χ1n) is 6.88. The van der Waals surface area contributed by atoms with Gasteiger partial charge in [0.25, 0.3) is 0 Å². The van der Waals surface area contributed by atoms with Gasteiger partial charge in [-0.2, -0.15) is 0 Å². The first-order valence-corrected chi connectivity index (χ1v) is 7.26. The topological polar surface area (TPSA) is 12.0 Å². The molecule has 1 aromatic carbocycles. The summed E-state index contributed by atoms with van der Waals surface area (Å²) < 4.78 is 13.0. The van der Waals surface area contributed by atoms with Gasteiger partial charge in [0.1, 0.15) is 5.82 Å². The Bertz CT molecular complexity index is 341. The summed E-state index contributed by atoms with van der Waals surface area (Å²) >= 11 is 5.99. The molecule has 0 aliphatic rings. The number of hydrogen-bond donors (Lipinski definition) is 1. The molecule has 0 atom stereocenters. The lowest BCUT2D eigenvalue weighted by Crippen LogP contribution is -2.15. The molecule has 0 saturated carbocycles. The highest BCUT2D eigenvalue weighted by Crippen LogP contribution is 2.16. The van der Waals surface area contributed by atoms with E-state index >= 15 is 0 Å². The molecular formula is C15H23ClFN. The number of halogens is 2. The number of benzene rings is 1. The molecule has 0 bridgehead atoms. The third-order valence-corrected chi connectivity index (χ3v) is 3.40. The second kappa shape index (κ2) is 9.35. The zero-order valence-electron chi connectivity index (χ0n) is 11.1. The van der Waals surface area contributed by atoms with Crippen LogP contribution < -0.4 is 5.32 Å². The standard InChI is InChI=1S/C15H23ClFN/c1-2-3-4-5-6-7-10-18-12-13-11-14(17)8-9-15(13)16/h8-9,11,18H,2-7,10,12H2,1H3. The lowest BCUT2D eigenvalue weighted by molar-refractivity contribution is 0.570. The fourth-order valence-corrected chi connectivity index (χ4v) is 2.12. The molecular weight excluding hydrogens is 249 g/mol. The minimum Gasteiger partial charge on any atom is -0.313 e. The van der Waals surface area contributed by atoms with Crippen LogP contribution in [0, 0.1) is 5.82 Å². The number of nitrogens with one attached hydrogen (secondary N) is 1. The maximum absolute atomic E-state index is 13.0. The van der Waals surface area contributed by atoms with E-state index in [-0.39, 0.29) is 5.82 Å². The van der Waals surface area contributed by atoms with E-state index in [9.17, 15) is 4.39 Å². The zero-order valence-corrected chi connectivity index (χ0v) is 11.9. The van der Waals surface area contributed by atoms with Crippen LogP contribution in [0.1, 0.15) is 51.0 Å². The first-order chi connectivity index (χ1) is 8.74. The van der Waals surface area contributed by atoms with Crippen LogP contribution in [0.25, 0.3) is 0 Å². The quantitative estimate of drug-likeness (QED) is 0.628. The van der Waals surface area contributed by atoms with Gasteiger partial charge >= 0.3 is 0 Å². The highest BCUT2D eigenvalue weighted by Gasteiger charge is 2.01. The fraction of sp³-hybridized carbons (Fsp3) is 0.600. The molecule has 1 aromatic rings. The lowest BCUT2D eigenvalue weighted by Gasteiger charge is -2.07. The Labute approximate surface area is 115 Å². The first kappa shape index (κ1) is 15.5. The van der Waals surface area contributed by atoms with E-state index in [0.717, 1.165) is 12.1 Å². The van der Waals surface area contributed by atoms with Crippen molar-refractivity contribution < 1.29 is 4.39 Å². The van der Waals surface area contributed by atoms with E-state index in [2.05, 4.69) is 12.2 Å². The van der Waals surface area contributed by atoms with Crippen molar-refractivity contribution in [2.24, 2.45) is 0 Å². The molecule has 0 radical (unpaired) electrons.